The highest BCUT2D eigenvalue weighted by atomic mass is 35.5. The largest absolute Gasteiger partial charge is 0.350 e. The third kappa shape index (κ3) is 2.30. The van der Waals surface area contributed by atoms with Crippen LogP contribution in [0.15, 0.2) is 0 Å². The van der Waals surface area contributed by atoms with Crippen LogP contribution in [0.1, 0.15) is 40.0 Å². The summed E-state index contributed by atoms with van der Waals surface area (Å²) in [6, 6.07) is 0. The van der Waals surface area contributed by atoms with Crippen LogP contribution in [0.25, 0.3) is 0 Å². The predicted octanol–water partition coefficient (Wildman–Crippen LogP) is 2.55. The van der Waals surface area contributed by atoms with Gasteiger partial charge in [-0.15, -0.1) is 11.6 Å². The average Bonchev–Trinajstić information content (AvgIpc) is 2.72. The fraction of sp³-hybridized carbons (Fsp3) is 0.917. The number of carbonyl (C=O) groups excluding carboxylic acids is 1. The zero-order valence-corrected chi connectivity index (χ0v) is 10.5. The lowest BCUT2D eigenvalue weighted by Crippen LogP contribution is -2.50. The van der Waals surface area contributed by atoms with Crippen LogP contribution in [0.4, 0.5) is 0 Å². The summed E-state index contributed by atoms with van der Waals surface area (Å²) in [7, 11) is 0. The van der Waals surface area contributed by atoms with Gasteiger partial charge in [-0.3, -0.25) is 4.79 Å². The number of alkyl halides is 1. The molecule has 0 aromatic rings. The van der Waals surface area contributed by atoms with Crippen molar-refractivity contribution >= 4 is 17.5 Å². The van der Waals surface area contributed by atoms with Gasteiger partial charge in [0.25, 0.3) is 0 Å². The average molecular weight is 230 g/mol. The molecule has 0 radical (unpaired) electrons. The fourth-order valence-corrected chi connectivity index (χ4v) is 2.50. The fourth-order valence-electron chi connectivity index (χ4n) is 2.45. The van der Waals surface area contributed by atoms with Gasteiger partial charge in [0.05, 0.1) is 10.9 Å². The van der Waals surface area contributed by atoms with E-state index < -0.39 is 0 Å². The van der Waals surface area contributed by atoms with Gasteiger partial charge < -0.3 is 5.32 Å². The van der Waals surface area contributed by atoms with Gasteiger partial charge in [0.2, 0.25) is 5.91 Å². The molecule has 15 heavy (non-hydrogen) atoms. The van der Waals surface area contributed by atoms with E-state index in [0.29, 0.717) is 0 Å². The smallest absolute Gasteiger partial charge is 0.223 e. The molecule has 3 unspecified atom stereocenters. The van der Waals surface area contributed by atoms with E-state index in [1.54, 1.807) is 0 Å². The summed E-state index contributed by atoms with van der Waals surface area (Å²) in [5.41, 5.74) is -0.300. The first-order chi connectivity index (χ1) is 6.90. The first-order valence-electron chi connectivity index (χ1n) is 5.86. The molecule has 1 amide bonds. The van der Waals surface area contributed by atoms with E-state index in [0.717, 1.165) is 24.7 Å². The van der Waals surface area contributed by atoms with E-state index >= 15 is 0 Å². The van der Waals surface area contributed by atoms with Crippen molar-refractivity contribution in [3.8, 4) is 0 Å². The highest BCUT2D eigenvalue weighted by Crippen LogP contribution is 2.54. The van der Waals surface area contributed by atoms with E-state index in [1.807, 2.05) is 20.8 Å². The molecule has 3 heteroatoms. The van der Waals surface area contributed by atoms with Crippen molar-refractivity contribution in [1.82, 2.24) is 5.32 Å². The molecule has 0 heterocycles. The third-order valence-corrected chi connectivity index (χ3v) is 4.60. The molecule has 2 fully saturated rings. The summed E-state index contributed by atoms with van der Waals surface area (Å²) in [6.07, 6.45) is 3.56. The zero-order chi connectivity index (χ0) is 11.2. The van der Waals surface area contributed by atoms with Crippen molar-refractivity contribution in [2.24, 2.45) is 17.8 Å². The van der Waals surface area contributed by atoms with Crippen LogP contribution >= 0.6 is 11.6 Å². The third-order valence-electron chi connectivity index (χ3n) is 4.05. The Morgan fingerprint density at radius 3 is 2.33 bits per heavy atom. The van der Waals surface area contributed by atoms with Crippen LogP contribution in [-0.2, 0) is 4.79 Å². The molecule has 0 aliphatic heterocycles. The molecule has 0 bridgehead atoms. The minimum absolute atomic E-state index is 0.0441. The van der Waals surface area contributed by atoms with Crippen molar-refractivity contribution < 1.29 is 4.79 Å². The molecule has 0 aromatic heterocycles. The number of amides is 1. The van der Waals surface area contributed by atoms with E-state index in [1.165, 1.54) is 6.42 Å². The Kier molecular flexibility index (Phi) is 2.74. The quantitative estimate of drug-likeness (QED) is 0.741. The lowest BCUT2D eigenvalue weighted by Gasteiger charge is -2.30. The van der Waals surface area contributed by atoms with E-state index in [9.17, 15) is 4.79 Å². The summed E-state index contributed by atoms with van der Waals surface area (Å²) in [5.74, 6) is 2.18. The van der Waals surface area contributed by atoms with Crippen LogP contribution in [0.5, 0.6) is 0 Å². The minimum atomic E-state index is -0.300. The molecule has 2 nitrogen and oxygen atoms in total. The molecule has 2 aliphatic rings. The van der Waals surface area contributed by atoms with E-state index in [4.69, 9.17) is 11.6 Å². The second-order valence-electron chi connectivity index (χ2n) is 5.75. The van der Waals surface area contributed by atoms with Gasteiger partial charge in [-0.1, -0.05) is 0 Å². The number of fused-ring (bicyclic) bond motifs is 1. The summed E-state index contributed by atoms with van der Waals surface area (Å²) < 4.78 is 0. The SMILES string of the molecule is CC(Cl)C(C)(C)NC(=O)C1CC2CC2C1. The molecule has 1 N–H and O–H groups in total. The number of rotatable bonds is 3. The molecular weight excluding hydrogens is 210 g/mol. The summed E-state index contributed by atoms with van der Waals surface area (Å²) in [5, 5.41) is 3.02. The van der Waals surface area contributed by atoms with Crippen molar-refractivity contribution in [2.45, 2.75) is 50.9 Å². The molecule has 2 saturated carbocycles. The van der Waals surface area contributed by atoms with Gasteiger partial charge >= 0.3 is 0 Å². The van der Waals surface area contributed by atoms with Crippen LogP contribution in [0.3, 0.4) is 0 Å². The normalized spacial score (nSPS) is 35.9. The lowest BCUT2D eigenvalue weighted by molar-refractivity contribution is -0.126. The molecular formula is C12H20ClNO. The van der Waals surface area contributed by atoms with Crippen molar-refractivity contribution in [3.63, 3.8) is 0 Å². The number of carbonyl (C=O) groups is 1. The van der Waals surface area contributed by atoms with Gasteiger partial charge in [-0.05, 0) is 51.9 Å². The Morgan fingerprint density at radius 1 is 1.33 bits per heavy atom. The molecule has 86 valence electrons. The van der Waals surface area contributed by atoms with Crippen molar-refractivity contribution in [1.29, 1.82) is 0 Å². The molecule has 0 aromatic carbocycles. The maximum Gasteiger partial charge on any atom is 0.223 e. The number of halogens is 1. The second-order valence-corrected chi connectivity index (χ2v) is 6.41. The van der Waals surface area contributed by atoms with Gasteiger partial charge in [0, 0.05) is 5.92 Å². The summed E-state index contributed by atoms with van der Waals surface area (Å²) in [6.45, 7) is 5.89. The van der Waals surface area contributed by atoms with Crippen LogP contribution in [-0.4, -0.2) is 16.8 Å². The minimum Gasteiger partial charge on any atom is -0.350 e. The maximum atomic E-state index is 12.0. The summed E-state index contributed by atoms with van der Waals surface area (Å²) in [4.78, 5) is 12.0. The monoisotopic (exact) mass is 229 g/mol. The predicted molar refractivity (Wildman–Crippen MR) is 61.9 cm³/mol. The number of hydrogen-bond acceptors (Lipinski definition) is 1. The van der Waals surface area contributed by atoms with Gasteiger partial charge in [-0.2, -0.15) is 0 Å². The Labute approximate surface area is 96.8 Å². The Hall–Kier alpha value is -0.240. The second kappa shape index (κ2) is 3.65. The first kappa shape index (κ1) is 11.3. The Morgan fingerprint density at radius 2 is 1.87 bits per heavy atom. The van der Waals surface area contributed by atoms with Crippen molar-refractivity contribution in [3.05, 3.63) is 0 Å². The van der Waals surface area contributed by atoms with Gasteiger partial charge in [-0.25, -0.2) is 0 Å². The van der Waals surface area contributed by atoms with E-state index in [-0.39, 0.29) is 22.7 Å². The standard InChI is InChI=1S/C12H20ClNO/c1-7(13)12(2,3)14-11(15)10-5-8-4-9(8)6-10/h7-10H,4-6H2,1-3H3,(H,14,15). The molecule has 0 spiro atoms. The van der Waals surface area contributed by atoms with Crippen LogP contribution in [0, 0.1) is 17.8 Å². The number of hydrogen-bond donors (Lipinski definition) is 1. The molecule has 2 rings (SSSR count). The lowest BCUT2D eigenvalue weighted by atomic mass is 9.97. The summed E-state index contributed by atoms with van der Waals surface area (Å²) >= 11 is 6.04. The molecule has 0 saturated heterocycles. The zero-order valence-electron chi connectivity index (χ0n) is 9.72. The van der Waals surface area contributed by atoms with Gasteiger partial charge in [0.15, 0.2) is 0 Å². The number of nitrogens with one attached hydrogen (secondary N) is 1. The van der Waals surface area contributed by atoms with Crippen LogP contribution in [0.2, 0.25) is 0 Å². The highest BCUT2D eigenvalue weighted by Gasteiger charge is 2.48. The van der Waals surface area contributed by atoms with Crippen molar-refractivity contribution in [2.75, 3.05) is 0 Å². The highest BCUT2D eigenvalue weighted by molar-refractivity contribution is 6.21. The molecule has 3 atom stereocenters. The molecule has 2 aliphatic carbocycles. The Balaban J connectivity index is 1.86. The maximum absolute atomic E-state index is 12.0. The van der Waals surface area contributed by atoms with Gasteiger partial charge in [0.1, 0.15) is 0 Å². The topological polar surface area (TPSA) is 29.1 Å². The van der Waals surface area contributed by atoms with Crippen LogP contribution < -0.4 is 5.32 Å². The Bertz CT molecular complexity index is 265. The van der Waals surface area contributed by atoms with E-state index in [2.05, 4.69) is 5.32 Å². The first-order valence-corrected chi connectivity index (χ1v) is 6.30.